The number of benzene rings is 2. The fourth-order valence-electron chi connectivity index (χ4n) is 3.36. The highest BCUT2D eigenvalue weighted by molar-refractivity contribution is 7.91. The molecule has 0 spiro atoms. The molecule has 0 unspecified atom stereocenters. The normalized spacial score (nSPS) is 15.2. The van der Waals surface area contributed by atoms with Gasteiger partial charge in [0.05, 0.1) is 0 Å². The van der Waals surface area contributed by atoms with Crippen molar-refractivity contribution in [3.05, 3.63) is 72.3 Å². The maximum absolute atomic E-state index is 12.8. The predicted octanol–water partition coefficient (Wildman–Crippen LogP) is 4.84. The lowest BCUT2D eigenvalue weighted by Crippen LogP contribution is -2.35. The molecule has 2 heterocycles. The smallest absolute Gasteiger partial charge is 0.255 e. The van der Waals surface area contributed by atoms with Gasteiger partial charge in [-0.15, -0.1) is 11.3 Å². The number of nitrogens with zero attached hydrogens (tertiary/aromatic N) is 1. The number of hydrogen-bond donors (Lipinski definition) is 1. The molecule has 0 aliphatic carbocycles. The number of carbonyl (C=O) groups excluding carboxylic acids is 1. The zero-order valence-corrected chi connectivity index (χ0v) is 17.5. The molecule has 1 aliphatic heterocycles. The molecule has 1 aliphatic rings. The minimum Gasteiger partial charge on any atom is -0.322 e. The first kappa shape index (κ1) is 19.8. The Balaban J connectivity index is 1.49. The van der Waals surface area contributed by atoms with Crippen LogP contribution in [0.1, 0.15) is 29.6 Å². The van der Waals surface area contributed by atoms with E-state index < -0.39 is 10.0 Å². The second-order valence-corrected chi connectivity index (χ2v) is 10.2. The SMILES string of the molecule is O=C(Nc1ccccc1)c1ccc(-c2ccc(S(=O)(=O)N3CCCCC3)s2)cc1. The lowest BCUT2D eigenvalue weighted by Gasteiger charge is -2.25. The molecule has 29 heavy (non-hydrogen) atoms. The molecule has 2 aromatic carbocycles. The Morgan fingerprint density at radius 1 is 0.862 bits per heavy atom. The van der Waals surface area contributed by atoms with Crippen molar-refractivity contribution in [3.63, 3.8) is 0 Å². The van der Waals surface area contributed by atoms with Crippen LogP contribution < -0.4 is 5.32 Å². The maximum atomic E-state index is 12.8. The molecule has 0 radical (unpaired) electrons. The molecule has 4 rings (SSSR count). The van der Waals surface area contributed by atoms with Gasteiger partial charge in [0.25, 0.3) is 15.9 Å². The number of carbonyl (C=O) groups is 1. The van der Waals surface area contributed by atoms with Crippen LogP contribution in [0.15, 0.2) is 70.9 Å². The number of anilines is 1. The van der Waals surface area contributed by atoms with E-state index >= 15 is 0 Å². The molecule has 1 fully saturated rings. The van der Waals surface area contributed by atoms with Crippen molar-refractivity contribution in [2.24, 2.45) is 0 Å². The lowest BCUT2D eigenvalue weighted by molar-refractivity contribution is 0.102. The maximum Gasteiger partial charge on any atom is 0.255 e. The molecule has 0 bridgehead atoms. The standard InChI is InChI=1S/C22H22N2O3S2/c25-22(23-19-7-3-1-4-8-19)18-11-9-17(10-12-18)20-13-14-21(28-20)29(26,27)24-15-5-2-6-16-24/h1,3-4,7-14H,2,5-6,15-16H2,(H,23,25). The van der Waals surface area contributed by atoms with Crippen LogP contribution in [0, 0.1) is 0 Å². The molecule has 1 amide bonds. The van der Waals surface area contributed by atoms with E-state index in [-0.39, 0.29) is 5.91 Å². The van der Waals surface area contributed by atoms with Gasteiger partial charge in [-0.1, -0.05) is 36.8 Å². The van der Waals surface area contributed by atoms with E-state index in [1.54, 1.807) is 22.5 Å². The summed E-state index contributed by atoms with van der Waals surface area (Å²) in [5.74, 6) is -0.178. The molecule has 1 N–H and O–H groups in total. The number of thiophene rings is 1. The van der Waals surface area contributed by atoms with Gasteiger partial charge in [-0.3, -0.25) is 4.79 Å². The van der Waals surface area contributed by atoms with Gasteiger partial charge in [-0.2, -0.15) is 4.31 Å². The third-order valence-electron chi connectivity index (χ3n) is 4.95. The topological polar surface area (TPSA) is 66.5 Å². The van der Waals surface area contributed by atoms with Crippen molar-refractivity contribution in [3.8, 4) is 10.4 Å². The summed E-state index contributed by atoms with van der Waals surface area (Å²) in [6, 6.07) is 20.0. The number of para-hydroxylation sites is 1. The van der Waals surface area contributed by atoms with Gasteiger partial charge in [0.15, 0.2) is 0 Å². The molecule has 5 nitrogen and oxygen atoms in total. The first-order valence-corrected chi connectivity index (χ1v) is 11.9. The fraction of sp³-hybridized carbons (Fsp3) is 0.227. The Labute approximate surface area is 175 Å². The Morgan fingerprint density at radius 3 is 2.24 bits per heavy atom. The number of amides is 1. The quantitative estimate of drug-likeness (QED) is 0.635. The van der Waals surface area contributed by atoms with Crippen LogP contribution in [0.5, 0.6) is 0 Å². The van der Waals surface area contributed by atoms with Gasteiger partial charge < -0.3 is 5.32 Å². The minimum atomic E-state index is -3.42. The summed E-state index contributed by atoms with van der Waals surface area (Å²) in [5.41, 5.74) is 2.19. The first-order valence-electron chi connectivity index (χ1n) is 9.61. The minimum absolute atomic E-state index is 0.178. The molecule has 1 aromatic heterocycles. The predicted molar refractivity (Wildman–Crippen MR) is 117 cm³/mol. The zero-order valence-electron chi connectivity index (χ0n) is 15.9. The second-order valence-electron chi connectivity index (χ2n) is 6.98. The number of sulfonamides is 1. The summed E-state index contributed by atoms with van der Waals surface area (Å²) < 4.78 is 27.6. The summed E-state index contributed by atoms with van der Waals surface area (Å²) in [4.78, 5) is 13.3. The van der Waals surface area contributed by atoms with E-state index in [1.807, 2.05) is 48.5 Å². The van der Waals surface area contributed by atoms with E-state index in [4.69, 9.17) is 0 Å². The largest absolute Gasteiger partial charge is 0.322 e. The van der Waals surface area contributed by atoms with E-state index in [9.17, 15) is 13.2 Å². The fourth-order valence-corrected chi connectivity index (χ4v) is 6.34. The number of piperidine rings is 1. The highest BCUT2D eigenvalue weighted by Gasteiger charge is 2.27. The Kier molecular flexibility index (Phi) is 5.80. The van der Waals surface area contributed by atoms with E-state index in [2.05, 4.69) is 5.32 Å². The monoisotopic (exact) mass is 426 g/mol. The average molecular weight is 427 g/mol. The Bertz CT molecular complexity index is 1080. The van der Waals surface area contributed by atoms with Gasteiger partial charge in [0.1, 0.15) is 4.21 Å². The van der Waals surface area contributed by atoms with Crippen molar-refractivity contribution in [2.45, 2.75) is 23.5 Å². The molecule has 3 aromatic rings. The highest BCUT2D eigenvalue weighted by atomic mass is 32.2. The third-order valence-corrected chi connectivity index (χ3v) is 8.45. The summed E-state index contributed by atoms with van der Waals surface area (Å²) in [6.07, 6.45) is 2.93. The summed E-state index contributed by atoms with van der Waals surface area (Å²) in [5, 5.41) is 2.86. The number of hydrogen-bond acceptors (Lipinski definition) is 4. The molecule has 7 heteroatoms. The van der Waals surface area contributed by atoms with Gasteiger partial charge in [0, 0.05) is 29.2 Å². The third kappa shape index (κ3) is 4.42. The first-order chi connectivity index (χ1) is 14.0. The van der Waals surface area contributed by atoms with Crippen LogP contribution in [0.2, 0.25) is 0 Å². The summed E-state index contributed by atoms with van der Waals surface area (Å²) in [6.45, 7) is 1.20. The van der Waals surface area contributed by atoms with Crippen LogP contribution in [0.4, 0.5) is 5.69 Å². The van der Waals surface area contributed by atoms with Gasteiger partial charge in [-0.05, 0) is 54.8 Å². The molecular formula is C22H22N2O3S2. The molecule has 0 atom stereocenters. The van der Waals surface area contributed by atoms with Crippen LogP contribution >= 0.6 is 11.3 Å². The van der Waals surface area contributed by atoms with Crippen molar-refractivity contribution in [1.82, 2.24) is 4.31 Å². The Hall–Kier alpha value is -2.48. The van der Waals surface area contributed by atoms with Crippen molar-refractivity contribution in [2.75, 3.05) is 18.4 Å². The number of nitrogens with one attached hydrogen (secondary N) is 1. The second kappa shape index (κ2) is 8.49. The van der Waals surface area contributed by atoms with Gasteiger partial charge in [0.2, 0.25) is 0 Å². The van der Waals surface area contributed by atoms with Crippen LogP contribution in [-0.4, -0.2) is 31.7 Å². The summed E-state index contributed by atoms with van der Waals surface area (Å²) >= 11 is 1.27. The van der Waals surface area contributed by atoms with Crippen LogP contribution in [0.3, 0.4) is 0 Å². The van der Waals surface area contributed by atoms with Crippen molar-refractivity contribution in [1.29, 1.82) is 0 Å². The lowest BCUT2D eigenvalue weighted by atomic mass is 10.1. The van der Waals surface area contributed by atoms with E-state index in [0.717, 1.165) is 35.4 Å². The van der Waals surface area contributed by atoms with E-state index in [0.29, 0.717) is 22.9 Å². The van der Waals surface area contributed by atoms with Gasteiger partial charge in [-0.25, -0.2) is 8.42 Å². The van der Waals surface area contributed by atoms with Gasteiger partial charge >= 0.3 is 0 Å². The molecule has 150 valence electrons. The van der Waals surface area contributed by atoms with E-state index in [1.165, 1.54) is 11.3 Å². The zero-order chi connectivity index (χ0) is 20.3. The summed E-state index contributed by atoms with van der Waals surface area (Å²) in [7, 11) is -3.42. The highest BCUT2D eigenvalue weighted by Crippen LogP contribution is 2.33. The van der Waals surface area contributed by atoms with Crippen molar-refractivity contribution < 1.29 is 13.2 Å². The van der Waals surface area contributed by atoms with Crippen LogP contribution in [-0.2, 0) is 10.0 Å². The Morgan fingerprint density at radius 2 is 1.55 bits per heavy atom. The average Bonchev–Trinajstić information content (AvgIpc) is 3.26. The van der Waals surface area contributed by atoms with Crippen molar-refractivity contribution >= 4 is 33.0 Å². The van der Waals surface area contributed by atoms with Crippen LogP contribution in [0.25, 0.3) is 10.4 Å². The molecule has 0 saturated carbocycles. The molecular weight excluding hydrogens is 404 g/mol. The number of rotatable bonds is 5. The molecule has 1 saturated heterocycles.